The molecule has 0 spiro atoms. The van der Waals surface area contributed by atoms with E-state index in [4.69, 9.17) is 5.73 Å². The van der Waals surface area contributed by atoms with Crippen molar-refractivity contribution >= 4 is 29.3 Å². The number of rotatable bonds is 16. The van der Waals surface area contributed by atoms with E-state index in [1.807, 2.05) is 0 Å². The van der Waals surface area contributed by atoms with Crippen LogP contribution in [0.5, 0.6) is 0 Å². The Morgan fingerprint density at radius 3 is 1.59 bits per heavy atom. The Kier molecular flexibility index (Phi) is 23.7. The third-order valence-electron chi connectivity index (χ3n) is 3.87. The molecule has 0 heterocycles. The fraction of sp³-hybridized carbons (Fsp3) is 0.944. The lowest BCUT2D eigenvalue weighted by atomic mass is 10.0. The minimum Gasteiger partial charge on any atom is -0.330 e. The van der Waals surface area contributed by atoms with Crippen LogP contribution in [-0.2, 0) is 4.79 Å². The summed E-state index contributed by atoms with van der Waals surface area (Å²) >= 11 is 1.40. The van der Waals surface area contributed by atoms with Crippen LogP contribution in [0.2, 0.25) is 0 Å². The van der Waals surface area contributed by atoms with Gasteiger partial charge >= 0.3 is 0 Å². The lowest BCUT2D eigenvalue weighted by molar-refractivity contribution is -0.111. The van der Waals surface area contributed by atoms with E-state index in [0.717, 1.165) is 18.6 Å². The summed E-state index contributed by atoms with van der Waals surface area (Å²) in [7, 11) is 0. The molecular formula is C18H38ClNOS. The maximum Gasteiger partial charge on any atom is 0.188 e. The van der Waals surface area contributed by atoms with Gasteiger partial charge in [-0.3, -0.25) is 4.79 Å². The van der Waals surface area contributed by atoms with Crippen molar-refractivity contribution in [1.82, 2.24) is 0 Å². The summed E-state index contributed by atoms with van der Waals surface area (Å²) in [5.74, 6) is 0.775. The van der Waals surface area contributed by atoms with Crippen molar-refractivity contribution in [2.75, 3.05) is 12.3 Å². The Labute approximate surface area is 149 Å². The molecule has 0 aliphatic heterocycles. The predicted octanol–water partition coefficient (Wildman–Crippen LogP) is 6.11. The van der Waals surface area contributed by atoms with Gasteiger partial charge in [0.25, 0.3) is 0 Å². The molecule has 0 rings (SSSR count). The number of hydrogen-bond donors (Lipinski definition) is 1. The Bertz CT molecular complexity index is 227. The molecule has 0 unspecified atom stereocenters. The van der Waals surface area contributed by atoms with E-state index in [0.29, 0.717) is 11.7 Å². The average Bonchev–Trinajstić information content (AvgIpc) is 2.49. The van der Waals surface area contributed by atoms with Crippen molar-refractivity contribution in [3.05, 3.63) is 0 Å². The zero-order valence-electron chi connectivity index (χ0n) is 14.6. The van der Waals surface area contributed by atoms with Gasteiger partial charge in [-0.2, -0.15) is 0 Å². The highest BCUT2D eigenvalue weighted by Gasteiger charge is 2.01. The zero-order valence-corrected chi connectivity index (χ0v) is 16.2. The number of hydrogen-bond acceptors (Lipinski definition) is 3. The molecule has 0 atom stereocenters. The first-order valence-corrected chi connectivity index (χ1v) is 10.2. The monoisotopic (exact) mass is 351 g/mol. The van der Waals surface area contributed by atoms with Gasteiger partial charge in [-0.15, -0.1) is 12.4 Å². The maximum absolute atomic E-state index is 11.4. The second-order valence-corrected chi connectivity index (χ2v) is 7.15. The van der Waals surface area contributed by atoms with Gasteiger partial charge in [0.1, 0.15) is 0 Å². The van der Waals surface area contributed by atoms with Gasteiger partial charge in [-0.1, -0.05) is 95.7 Å². The summed E-state index contributed by atoms with van der Waals surface area (Å²) < 4.78 is 0. The molecule has 0 aromatic carbocycles. The molecule has 0 saturated heterocycles. The minimum absolute atomic E-state index is 0. The average molecular weight is 352 g/mol. The van der Waals surface area contributed by atoms with E-state index in [9.17, 15) is 4.79 Å². The highest BCUT2D eigenvalue weighted by atomic mass is 35.5. The standard InChI is InChI=1S/C18H37NOS.ClH/c1-2-3-4-5-6-7-8-9-10-11-12-13-14-15-18(20)21-17-16-19;/h2-17,19H2,1H3;1H. The summed E-state index contributed by atoms with van der Waals surface area (Å²) in [5.41, 5.74) is 5.38. The van der Waals surface area contributed by atoms with Gasteiger partial charge in [0, 0.05) is 18.7 Å². The second kappa shape index (κ2) is 21.3. The van der Waals surface area contributed by atoms with Crippen LogP contribution in [-0.4, -0.2) is 17.4 Å². The van der Waals surface area contributed by atoms with Crippen LogP contribution in [0.25, 0.3) is 0 Å². The van der Waals surface area contributed by atoms with Crippen molar-refractivity contribution in [1.29, 1.82) is 0 Å². The second-order valence-electron chi connectivity index (χ2n) is 6.00. The molecule has 0 radical (unpaired) electrons. The fourth-order valence-electron chi connectivity index (χ4n) is 2.53. The molecule has 0 bridgehead atoms. The summed E-state index contributed by atoms with van der Waals surface area (Å²) in [5, 5.41) is 0.323. The number of carbonyl (C=O) groups is 1. The fourth-order valence-corrected chi connectivity index (χ4v) is 3.17. The largest absolute Gasteiger partial charge is 0.330 e. The number of nitrogens with two attached hydrogens (primary N) is 1. The molecule has 4 heteroatoms. The summed E-state index contributed by atoms with van der Waals surface area (Å²) in [6.45, 7) is 2.88. The van der Waals surface area contributed by atoms with Crippen LogP contribution in [0, 0.1) is 0 Å². The van der Waals surface area contributed by atoms with Crippen LogP contribution < -0.4 is 5.73 Å². The van der Waals surface area contributed by atoms with Crippen molar-refractivity contribution in [2.24, 2.45) is 5.73 Å². The van der Waals surface area contributed by atoms with Crippen LogP contribution in [0.15, 0.2) is 0 Å². The maximum atomic E-state index is 11.4. The van der Waals surface area contributed by atoms with Crippen molar-refractivity contribution in [3.63, 3.8) is 0 Å². The first-order valence-electron chi connectivity index (χ1n) is 9.17. The molecule has 0 aromatic rings. The van der Waals surface area contributed by atoms with Crippen LogP contribution in [0.3, 0.4) is 0 Å². The first-order chi connectivity index (χ1) is 10.3. The summed E-state index contributed by atoms with van der Waals surface area (Å²) in [4.78, 5) is 11.4. The Morgan fingerprint density at radius 2 is 1.18 bits per heavy atom. The topological polar surface area (TPSA) is 43.1 Å². The normalized spacial score (nSPS) is 10.5. The number of halogens is 1. The van der Waals surface area contributed by atoms with E-state index in [-0.39, 0.29) is 12.4 Å². The van der Waals surface area contributed by atoms with E-state index >= 15 is 0 Å². The molecule has 134 valence electrons. The molecule has 0 saturated carbocycles. The highest BCUT2D eigenvalue weighted by Crippen LogP contribution is 2.14. The number of carbonyl (C=O) groups excluding carboxylic acids is 1. The van der Waals surface area contributed by atoms with Crippen LogP contribution >= 0.6 is 24.2 Å². The third kappa shape index (κ3) is 20.3. The number of thioether (sulfide) groups is 1. The van der Waals surface area contributed by atoms with E-state index in [2.05, 4.69) is 6.92 Å². The van der Waals surface area contributed by atoms with Crippen LogP contribution in [0.4, 0.5) is 0 Å². The van der Waals surface area contributed by atoms with Crippen LogP contribution in [0.1, 0.15) is 96.8 Å². The van der Waals surface area contributed by atoms with E-state index in [1.54, 1.807) is 0 Å². The van der Waals surface area contributed by atoms with Gasteiger partial charge in [-0.25, -0.2) is 0 Å². The smallest absolute Gasteiger partial charge is 0.188 e. The molecule has 0 aliphatic rings. The lowest BCUT2D eigenvalue weighted by Gasteiger charge is -2.03. The Hall–Kier alpha value is 0.270. The minimum atomic E-state index is 0. The predicted molar refractivity (Wildman–Crippen MR) is 104 cm³/mol. The van der Waals surface area contributed by atoms with Crippen molar-refractivity contribution < 1.29 is 4.79 Å². The van der Waals surface area contributed by atoms with E-state index in [1.165, 1.54) is 88.8 Å². The number of unbranched alkanes of at least 4 members (excludes halogenated alkanes) is 12. The lowest BCUT2D eigenvalue weighted by Crippen LogP contribution is -2.04. The third-order valence-corrected chi connectivity index (χ3v) is 4.83. The van der Waals surface area contributed by atoms with Gasteiger partial charge in [-0.05, 0) is 6.42 Å². The van der Waals surface area contributed by atoms with Crippen molar-refractivity contribution in [3.8, 4) is 0 Å². The molecule has 22 heavy (non-hydrogen) atoms. The van der Waals surface area contributed by atoms with Crippen molar-refractivity contribution in [2.45, 2.75) is 96.8 Å². The Balaban J connectivity index is 0. The molecule has 0 fully saturated rings. The van der Waals surface area contributed by atoms with Gasteiger partial charge in [0.05, 0.1) is 0 Å². The molecular weight excluding hydrogens is 314 g/mol. The molecule has 0 amide bonds. The molecule has 0 aromatic heterocycles. The first kappa shape index (κ1) is 24.5. The molecule has 2 N–H and O–H groups in total. The summed E-state index contributed by atoms with van der Waals surface area (Å²) in [6.07, 6.45) is 18.3. The zero-order chi connectivity index (χ0) is 15.6. The quantitative estimate of drug-likeness (QED) is 0.341. The highest BCUT2D eigenvalue weighted by molar-refractivity contribution is 8.13. The summed E-state index contributed by atoms with van der Waals surface area (Å²) in [6, 6.07) is 0. The van der Waals surface area contributed by atoms with Gasteiger partial charge < -0.3 is 5.73 Å². The molecule has 0 aliphatic carbocycles. The Morgan fingerprint density at radius 1 is 0.773 bits per heavy atom. The SMILES string of the molecule is CCCCCCCCCCCCCCCC(=O)SCCN.Cl. The molecule has 2 nitrogen and oxygen atoms in total. The van der Waals surface area contributed by atoms with E-state index < -0.39 is 0 Å². The van der Waals surface area contributed by atoms with Gasteiger partial charge in [0.15, 0.2) is 5.12 Å². The van der Waals surface area contributed by atoms with Gasteiger partial charge in [0.2, 0.25) is 0 Å².